The van der Waals surface area contributed by atoms with Crippen molar-refractivity contribution in [3.05, 3.63) is 35.9 Å². The molecule has 3 heteroatoms. The van der Waals surface area contributed by atoms with Crippen LogP contribution in [0.4, 0.5) is 4.79 Å². The molecule has 98 valence electrons. The second kappa shape index (κ2) is 7.04. The third-order valence-electron chi connectivity index (χ3n) is 3.20. The van der Waals surface area contributed by atoms with Gasteiger partial charge in [0.15, 0.2) is 0 Å². The lowest BCUT2D eigenvalue weighted by Crippen LogP contribution is -2.26. The van der Waals surface area contributed by atoms with Gasteiger partial charge in [0.05, 0.1) is 6.61 Å². The fourth-order valence-electron chi connectivity index (χ4n) is 1.92. The van der Waals surface area contributed by atoms with E-state index in [0.717, 1.165) is 31.7 Å². The van der Waals surface area contributed by atoms with Gasteiger partial charge in [0.25, 0.3) is 0 Å². The highest BCUT2D eigenvalue weighted by Crippen LogP contribution is 2.31. The summed E-state index contributed by atoms with van der Waals surface area (Å²) < 4.78 is 5.12. The monoisotopic (exact) mass is 247 g/mol. The van der Waals surface area contributed by atoms with Gasteiger partial charge >= 0.3 is 6.09 Å². The second-order valence-corrected chi connectivity index (χ2v) is 4.88. The Morgan fingerprint density at radius 2 is 2.06 bits per heavy atom. The van der Waals surface area contributed by atoms with E-state index < -0.39 is 0 Å². The van der Waals surface area contributed by atoms with Crippen molar-refractivity contribution in [2.75, 3.05) is 13.2 Å². The fourth-order valence-corrected chi connectivity index (χ4v) is 1.92. The van der Waals surface area contributed by atoms with Crippen molar-refractivity contribution in [3.8, 4) is 0 Å². The first kappa shape index (κ1) is 12.9. The Hall–Kier alpha value is -1.51. The van der Waals surface area contributed by atoms with Gasteiger partial charge in [-0.15, -0.1) is 0 Å². The number of alkyl carbamates (subject to hydrolysis) is 1. The molecule has 0 saturated heterocycles. The molecule has 0 aliphatic heterocycles. The Morgan fingerprint density at radius 3 is 2.78 bits per heavy atom. The summed E-state index contributed by atoms with van der Waals surface area (Å²) in [6, 6.07) is 10.3. The Bertz CT molecular complexity index is 360. The number of nitrogens with one attached hydrogen (secondary N) is 1. The standard InChI is InChI=1S/C15H21NO2/c17-15(16-11-10-14-8-9-14)18-12-4-7-13-5-2-1-3-6-13/h1-3,5-6,14H,4,7-12H2,(H,16,17). The minimum absolute atomic E-state index is 0.274. The smallest absolute Gasteiger partial charge is 0.407 e. The van der Waals surface area contributed by atoms with Crippen LogP contribution in [0, 0.1) is 5.92 Å². The molecule has 1 fully saturated rings. The van der Waals surface area contributed by atoms with Gasteiger partial charge < -0.3 is 10.1 Å². The molecule has 1 saturated carbocycles. The van der Waals surface area contributed by atoms with Crippen LogP contribution in [0.3, 0.4) is 0 Å². The van der Waals surface area contributed by atoms with Gasteiger partial charge in [0.2, 0.25) is 0 Å². The van der Waals surface area contributed by atoms with Crippen LogP contribution in [0.25, 0.3) is 0 Å². The van der Waals surface area contributed by atoms with E-state index in [1.54, 1.807) is 0 Å². The summed E-state index contributed by atoms with van der Waals surface area (Å²) >= 11 is 0. The average molecular weight is 247 g/mol. The van der Waals surface area contributed by atoms with Crippen LogP contribution in [0.15, 0.2) is 30.3 Å². The number of ether oxygens (including phenoxy) is 1. The summed E-state index contributed by atoms with van der Waals surface area (Å²) in [6.45, 7) is 1.24. The first-order chi connectivity index (χ1) is 8.84. The van der Waals surface area contributed by atoms with Gasteiger partial charge in [-0.05, 0) is 30.7 Å². The maximum Gasteiger partial charge on any atom is 0.407 e. The van der Waals surface area contributed by atoms with Crippen LogP contribution >= 0.6 is 0 Å². The van der Waals surface area contributed by atoms with E-state index >= 15 is 0 Å². The highest BCUT2D eigenvalue weighted by Gasteiger charge is 2.20. The molecule has 1 aliphatic carbocycles. The Morgan fingerprint density at radius 1 is 1.28 bits per heavy atom. The highest BCUT2D eigenvalue weighted by atomic mass is 16.5. The molecule has 18 heavy (non-hydrogen) atoms. The van der Waals surface area contributed by atoms with Crippen molar-refractivity contribution >= 4 is 6.09 Å². The summed E-state index contributed by atoms with van der Waals surface area (Å²) in [5.74, 6) is 0.850. The van der Waals surface area contributed by atoms with Gasteiger partial charge in [0, 0.05) is 6.54 Å². The summed E-state index contributed by atoms with van der Waals surface area (Å²) in [7, 11) is 0. The van der Waals surface area contributed by atoms with Crippen LogP contribution in [0.5, 0.6) is 0 Å². The van der Waals surface area contributed by atoms with E-state index in [2.05, 4.69) is 17.4 Å². The quantitative estimate of drug-likeness (QED) is 0.752. The zero-order chi connectivity index (χ0) is 12.6. The first-order valence-corrected chi connectivity index (χ1v) is 6.79. The van der Waals surface area contributed by atoms with E-state index in [1.165, 1.54) is 18.4 Å². The molecule has 0 aromatic heterocycles. The van der Waals surface area contributed by atoms with Gasteiger partial charge in [-0.25, -0.2) is 4.79 Å². The third kappa shape index (κ3) is 5.21. The molecule has 0 heterocycles. The molecule has 0 unspecified atom stereocenters. The van der Waals surface area contributed by atoms with Gasteiger partial charge in [-0.3, -0.25) is 0 Å². The molecule has 1 aromatic carbocycles. The molecule has 0 radical (unpaired) electrons. The Kier molecular flexibility index (Phi) is 5.06. The molecule has 1 N–H and O–H groups in total. The molecule has 2 rings (SSSR count). The lowest BCUT2D eigenvalue weighted by atomic mass is 10.1. The van der Waals surface area contributed by atoms with E-state index in [-0.39, 0.29) is 6.09 Å². The molecule has 0 atom stereocenters. The summed E-state index contributed by atoms with van der Waals surface area (Å²) in [5, 5.41) is 2.79. The maximum atomic E-state index is 11.3. The molecule has 1 aliphatic rings. The number of benzene rings is 1. The van der Waals surface area contributed by atoms with Crippen molar-refractivity contribution in [1.82, 2.24) is 5.32 Å². The number of aryl methyl sites for hydroxylation is 1. The molecule has 0 bridgehead atoms. The van der Waals surface area contributed by atoms with Crippen LogP contribution in [-0.2, 0) is 11.2 Å². The van der Waals surface area contributed by atoms with Crippen molar-refractivity contribution in [1.29, 1.82) is 0 Å². The highest BCUT2D eigenvalue weighted by molar-refractivity contribution is 5.66. The predicted octanol–water partition coefficient (Wildman–Crippen LogP) is 3.15. The van der Waals surface area contributed by atoms with Crippen LogP contribution in [0.1, 0.15) is 31.2 Å². The molecule has 3 nitrogen and oxygen atoms in total. The van der Waals surface area contributed by atoms with Crippen molar-refractivity contribution in [3.63, 3.8) is 0 Å². The minimum atomic E-state index is -0.274. The number of carbonyl (C=O) groups excluding carboxylic acids is 1. The molecular weight excluding hydrogens is 226 g/mol. The molecule has 0 spiro atoms. The van der Waals surface area contributed by atoms with E-state index in [9.17, 15) is 4.79 Å². The van der Waals surface area contributed by atoms with E-state index in [0.29, 0.717) is 6.61 Å². The zero-order valence-corrected chi connectivity index (χ0v) is 10.7. The molecule has 1 amide bonds. The van der Waals surface area contributed by atoms with E-state index in [1.807, 2.05) is 18.2 Å². The first-order valence-electron chi connectivity index (χ1n) is 6.79. The summed E-state index contributed by atoms with van der Waals surface area (Å²) in [5.41, 5.74) is 1.29. The SMILES string of the molecule is O=C(NCCC1CC1)OCCCc1ccccc1. The largest absolute Gasteiger partial charge is 0.450 e. The third-order valence-corrected chi connectivity index (χ3v) is 3.20. The van der Waals surface area contributed by atoms with Crippen LogP contribution < -0.4 is 5.32 Å². The fraction of sp³-hybridized carbons (Fsp3) is 0.533. The topological polar surface area (TPSA) is 38.3 Å². The lowest BCUT2D eigenvalue weighted by Gasteiger charge is -2.06. The van der Waals surface area contributed by atoms with Crippen molar-refractivity contribution in [2.24, 2.45) is 5.92 Å². The predicted molar refractivity (Wildman–Crippen MR) is 71.5 cm³/mol. The normalized spacial score (nSPS) is 14.2. The zero-order valence-electron chi connectivity index (χ0n) is 10.7. The van der Waals surface area contributed by atoms with Crippen LogP contribution in [-0.4, -0.2) is 19.2 Å². The summed E-state index contributed by atoms with van der Waals surface area (Å²) in [6.07, 6.45) is 5.31. The lowest BCUT2D eigenvalue weighted by molar-refractivity contribution is 0.144. The van der Waals surface area contributed by atoms with Crippen molar-refractivity contribution in [2.45, 2.75) is 32.1 Å². The Labute approximate surface area is 109 Å². The maximum absolute atomic E-state index is 11.3. The van der Waals surface area contributed by atoms with Crippen LogP contribution in [0.2, 0.25) is 0 Å². The number of hydrogen-bond acceptors (Lipinski definition) is 2. The van der Waals surface area contributed by atoms with Gasteiger partial charge in [0.1, 0.15) is 0 Å². The number of hydrogen-bond donors (Lipinski definition) is 1. The van der Waals surface area contributed by atoms with Crippen molar-refractivity contribution < 1.29 is 9.53 Å². The van der Waals surface area contributed by atoms with E-state index in [4.69, 9.17) is 4.74 Å². The van der Waals surface area contributed by atoms with Gasteiger partial charge in [-0.1, -0.05) is 43.2 Å². The molecule has 1 aromatic rings. The second-order valence-electron chi connectivity index (χ2n) is 4.88. The minimum Gasteiger partial charge on any atom is -0.450 e. The number of amides is 1. The van der Waals surface area contributed by atoms with Gasteiger partial charge in [-0.2, -0.15) is 0 Å². The number of rotatable bonds is 7. The number of carbonyl (C=O) groups is 1. The Balaban J connectivity index is 1.48. The molecular formula is C15H21NO2. The average Bonchev–Trinajstić information content (AvgIpc) is 3.20. The summed E-state index contributed by atoms with van der Waals surface area (Å²) in [4.78, 5) is 11.3.